The van der Waals surface area contributed by atoms with E-state index in [0.717, 1.165) is 37.7 Å². The van der Waals surface area contributed by atoms with Crippen molar-refractivity contribution in [2.45, 2.75) is 70.4 Å². The molecule has 0 bridgehead atoms. The number of rotatable bonds is 6. The summed E-state index contributed by atoms with van der Waals surface area (Å²) in [6.07, 6.45) is 7.39. The van der Waals surface area contributed by atoms with E-state index in [9.17, 15) is 9.90 Å². The van der Waals surface area contributed by atoms with Crippen molar-refractivity contribution < 1.29 is 9.90 Å². The molecule has 0 aromatic heterocycles. The summed E-state index contributed by atoms with van der Waals surface area (Å²) in [5, 5.41) is 12.9. The highest BCUT2D eigenvalue weighted by atomic mass is 16.3. The zero-order valence-electron chi connectivity index (χ0n) is 13.0. The first-order chi connectivity index (χ1) is 10.2. The molecule has 0 heterocycles. The maximum absolute atomic E-state index is 12.1. The van der Waals surface area contributed by atoms with Gasteiger partial charge >= 0.3 is 0 Å². The fraction of sp³-hybridized carbons (Fsp3) is 0.611. The third-order valence-electron chi connectivity index (χ3n) is 4.28. The number of amides is 1. The molecule has 0 saturated heterocycles. The number of carbonyl (C=O) groups excluding carboxylic acids is 1. The third kappa shape index (κ3) is 5.16. The summed E-state index contributed by atoms with van der Waals surface area (Å²) >= 11 is 0. The van der Waals surface area contributed by atoms with Crippen molar-refractivity contribution in [3.8, 4) is 0 Å². The van der Waals surface area contributed by atoms with Crippen LogP contribution in [-0.4, -0.2) is 23.2 Å². The molecule has 2 atom stereocenters. The molecule has 3 heteroatoms. The van der Waals surface area contributed by atoms with Crippen molar-refractivity contribution in [3.05, 3.63) is 35.4 Å². The maximum Gasteiger partial charge on any atom is 0.224 e. The van der Waals surface area contributed by atoms with Gasteiger partial charge in [-0.15, -0.1) is 0 Å². The molecule has 21 heavy (non-hydrogen) atoms. The summed E-state index contributed by atoms with van der Waals surface area (Å²) < 4.78 is 0. The van der Waals surface area contributed by atoms with Gasteiger partial charge in [0.25, 0.3) is 0 Å². The summed E-state index contributed by atoms with van der Waals surface area (Å²) in [6, 6.07) is 8.26. The van der Waals surface area contributed by atoms with Crippen molar-refractivity contribution in [2.24, 2.45) is 0 Å². The second-order valence-corrected chi connectivity index (χ2v) is 6.12. The minimum absolute atomic E-state index is 0.0160. The molecule has 1 aromatic rings. The molecule has 2 N–H and O–H groups in total. The van der Waals surface area contributed by atoms with Crippen LogP contribution in [0.15, 0.2) is 24.3 Å². The topological polar surface area (TPSA) is 49.3 Å². The van der Waals surface area contributed by atoms with Gasteiger partial charge < -0.3 is 10.4 Å². The quantitative estimate of drug-likeness (QED) is 0.846. The van der Waals surface area contributed by atoms with Gasteiger partial charge in [-0.2, -0.15) is 0 Å². The lowest BCUT2D eigenvalue weighted by atomic mass is 9.92. The minimum Gasteiger partial charge on any atom is -0.391 e. The molecule has 1 aromatic carbocycles. The highest BCUT2D eigenvalue weighted by Crippen LogP contribution is 2.18. The zero-order valence-corrected chi connectivity index (χ0v) is 13.0. The minimum atomic E-state index is -0.376. The number of hydrogen-bond acceptors (Lipinski definition) is 2. The van der Waals surface area contributed by atoms with E-state index >= 15 is 0 Å². The van der Waals surface area contributed by atoms with E-state index in [4.69, 9.17) is 0 Å². The molecule has 1 saturated carbocycles. The number of aliphatic hydroxyl groups is 1. The Kier molecular flexibility index (Phi) is 6.24. The summed E-state index contributed by atoms with van der Waals surface area (Å²) in [5.41, 5.74) is 2.38. The van der Waals surface area contributed by atoms with Gasteiger partial charge in [0.05, 0.1) is 18.6 Å². The van der Waals surface area contributed by atoms with Crippen LogP contribution < -0.4 is 5.32 Å². The SMILES string of the molecule is CCCCc1ccc(CC(=O)N[C@H]2CCCC[C@@H]2O)cc1. The predicted molar refractivity (Wildman–Crippen MR) is 85.2 cm³/mol. The molecule has 0 unspecified atom stereocenters. The van der Waals surface area contributed by atoms with Crippen molar-refractivity contribution in [3.63, 3.8) is 0 Å². The number of hydrogen-bond donors (Lipinski definition) is 2. The Morgan fingerprint density at radius 2 is 1.86 bits per heavy atom. The van der Waals surface area contributed by atoms with Gasteiger partial charge in [0.1, 0.15) is 0 Å². The molecule has 0 radical (unpaired) electrons. The van der Waals surface area contributed by atoms with Crippen LogP contribution in [0.4, 0.5) is 0 Å². The van der Waals surface area contributed by atoms with Crippen LogP contribution in [0.25, 0.3) is 0 Å². The summed E-state index contributed by atoms with van der Waals surface area (Å²) in [5.74, 6) is 0.0160. The number of benzene rings is 1. The third-order valence-corrected chi connectivity index (χ3v) is 4.28. The van der Waals surface area contributed by atoms with Crippen LogP contribution in [0.5, 0.6) is 0 Å². The van der Waals surface area contributed by atoms with E-state index in [2.05, 4.69) is 24.4 Å². The average Bonchev–Trinajstić information content (AvgIpc) is 2.49. The first kappa shape index (κ1) is 16.0. The highest BCUT2D eigenvalue weighted by molar-refractivity contribution is 5.78. The largest absolute Gasteiger partial charge is 0.391 e. The second kappa shape index (κ2) is 8.18. The first-order valence-corrected chi connectivity index (χ1v) is 8.24. The Bertz CT molecular complexity index is 441. The maximum atomic E-state index is 12.1. The van der Waals surface area contributed by atoms with E-state index in [1.807, 2.05) is 12.1 Å². The molecule has 2 rings (SSSR count). The average molecular weight is 289 g/mol. The van der Waals surface area contributed by atoms with Crippen molar-refractivity contribution in [2.75, 3.05) is 0 Å². The fourth-order valence-corrected chi connectivity index (χ4v) is 2.93. The van der Waals surface area contributed by atoms with Crippen LogP contribution in [-0.2, 0) is 17.6 Å². The van der Waals surface area contributed by atoms with Crippen molar-refractivity contribution in [1.82, 2.24) is 5.32 Å². The van der Waals surface area contributed by atoms with Gasteiger partial charge in [0.2, 0.25) is 5.91 Å². The smallest absolute Gasteiger partial charge is 0.224 e. The van der Waals surface area contributed by atoms with Crippen molar-refractivity contribution in [1.29, 1.82) is 0 Å². The van der Waals surface area contributed by atoms with Crippen LogP contribution in [0.3, 0.4) is 0 Å². The summed E-state index contributed by atoms with van der Waals surface area (Å²) in [6.45, 7) is 2.19. The molecule has 0 spiro atoms. The van der Waals surface area contributed by atoms with Gasteiger partial charge in [-0.25, -0.2) is 0 Å². The number of aryl methyl sites for hydroxylation is 1. The Morgan fingerprint density at radius 3 is 2.52 bits per heavy atom. The Labute approximate surface area is 127 Å². The fourth-order valence-electron chi connectivity index (χ4n) is 2.93. The summed E-state index contributed by atoms with van der Waals surface area (Å²) in [7, 11) is 0. The van der Waals surface area contributed by atoms with Crippen molar-refractivity contribution >= 4 is 5.91 Å². The predicted octanol–water partition coefficient (Wildman–Crippen LogP) is 2.99. The van der Waals surface area contributed by atoms with Crippen LogP contribution in [0, 0.1) is 0 Å². The molecule has 0 aliphatic heterocycles. The Morgan fingerprint density at radius 1 is 1.19 bits per heavy atom. The zero-order chi connectivity index (χ0) is 15.1. The van der Waals surface area contributed by atoms with E-state index in [1.165, 1.54) is 18.4 Å². The Hall–Kier alpha value is -1.35. The monoisotopic (exact) mass is 289 g/mol. The van der Waals surface area contributed by atoms with Crippen LogP contribution in [0.2, 0.25) is 0 Å². The Balaban J connectivity index is 1.81. The number of nitrogens with one attached hydrogen (secondary N) is 1. The van der Waals surface area contributed by atoms with Gasteiger partial charge in [0.15, 0.2) is 0 Å². The highest BCUT2D eigenvalue weighted by Gasteiger charge is 2.24. The van der Waals surface area contributed by atoms with Gasteiger partial charge in [-0.05, 0) is 36.8 Å². The second-order valence-electron chi connectivity index (χ2n) is 6.12. The van der Waals surface area contributed by atoms with Gasteiger partial charge in [-0.3, -0.25) is 4.79 Å². The number of aliphatic hydroxyl groups excluding tert-OH is 1. The van der Waals surface area contributed by atoms with E-state index in [1.54, 1.807) is 0 Å². The lowest BCUT2D eigenvalue weighted by molar-refractivity contribution is -0.122. The lowest BCUT2D eigenvalue weighted by Crippen LogP contribution is -2.45. The molecule has 1 aliphatic rings. The molecular formula is C18H27NO2. The van der Waals surface area contributed by atoms with E-state index in [0.29, 0.717) is 6.42 Å². The van der Waals surface area contributed by atoms with Gasteiger partial charge in [0, 0.05) is 0 Å². The van der Waals surface area contributed by atoms with Gasteiger partial charge in [-0.1, -0.05) is 50.5 Å². The first-order valence-electron chi connectivity index (χ1n) is 8.24. The summed E-state index contributed by atoms with van der Waals surface area (Å²) in [4.78, 5) is 12.1. The number of unbranched alkanes of at least 4 members (excludes halogenated alkanes) is 1. The molecule has 1 fully saturated rings. The molecule has 1 aliphatic carbocycles. The molecular weight excluding hydrogens is 262 g/mol. The lowest BCUT2D eigenvalue weighted by Gasteiger charge is -2.28. The molecule has 1 amide bonds. The standard InChI is InChI=1S/C18H27NO2/c1-2-3-6-14-9-11-15(12-10-14)13-18(21)19-16-7-4-5-8-17(16)20/h9-12,16-17,20H,2-8,13H2,1H3,(H,19,21)/t16-,17-/m0/s1. The van der Waals surface area contributed by atoms with Crippen LogP contribution >= 0.6 is 0 Å². The van der Waals surface area contributed by atoms with E-state index in [-0.39, 0.29) is 18.1 Å². The molecule has 116 valence electrons. The number of carbonyl (C=O) groups is 1. The normalized spacial score (nSPS) is 22.0. The van der Waals surface area contributed by atoms with Crippen LogP contribution in [0.1, 0.15) is 56.6 Å². The van der Waals surface area contributed by atoms with E-state index < -0.39 is 0 Å². The molecule has 3 nitrogen and oxygen atoms in total.